The summed E-state index contributed by atoms with van der Waals surface area (Å²) in [5.74, 6) is -0.294. The first-order valence-electron chi connectivity index (χ1n) is 8.47. The van der Waals surface area contributed by atoms with Gasteiger partial charge in [-0.15, -0.1) is 0 Å². The van der Waals surface area contributed by atoms with Gasteiger partial charge < -0.3 is 20.0 Å². The van der Waals surface area contributed by atoms with Crippen LogP contribution in [0, 0.1) is 0 Å². The number of nitrogens with zero attached hydrogens (tertiary/aromatic N) is 1. The molecule has 6 heteroatoms. The van der Waals surface area contributed by atoms with Gasteiger partial charge in [-0.1, -0.05) is 13.3 Å². The minimum Gasteiger partial charge on any atom is -0.459 e. The second-order valence-electron chi connectivity index (χ2n) is 6.15. The molecule has 1 aromatic rings. The second-order valence-corrected chi connectivity index (χ2v) is 6.15. The van der Waals surface area contributed by atoms with Crippen LogP contribution < -0.4 is 10.6 Å². The number of rotatable bonds is 7. The van der Waals surface area contributed by atoms with E-state index in [0.29, 0.717) is 0 Å². The Morgan fingerprint density at radius 2 is 2.13 bits per heavy atom. The predicted molar refractivity (Wildman–Crippen MR) is 88.1 cm³/mol. The lowest BCUT2D eigenvalue weighted by molar-refractivity contribution is -0.123. The zero-order valence-electron chi connectivity index (χ0n) is 14.0. The van der Waals surface area contributed by atoms with Gasteiger partial charge in [-0.25, -0.2) is 0 Å². The zero-order chi connectivity index (χ0) is 16.7. The molecule has 2 rings (SSSR count). The number of carbonyl (C=O) groups excluding carboxylic acids is 2. The highest BCUT2D eigenvalue weighted by Crippen LogP contribution is 2.11. The number of furan rings is 1. The van der Waals surface area contributed by atoms with Crippen molar-refractivity contribution >= 4 is 11.8 Å². The molecule has 2 heterocycles. The molecule has 2 N–H and O–H groups in total. The Kier molecular flexibility index (Phi) is 6.65. The van der Waals surface area contributed by atoms with Gasteiger partial charge in [0.2, 0.25) is 5.91 Å². The number of likely N-dealkylation sites (tertiary alicyclic amines) is 1. The van der Waals surface area contributed by atoms with E-state index in [9.17, 15) is 9.59 Å². The minimum atomic E-state index is -0.578. The predicted octanol–water partition coefficient (Wildman–Crippen LogP) is 1.78. The van der Waals surface area contributed by atoms with Crippen molar-refractivity contribution in [2.24, 2.45) is 0 Å². The molecular weight excluding hydrogens is 294 g/mol. The third kappa shape index (κ3) is 5.39. The fourth-order valence-corrected chi connectivity index (χ4v) is 2.75. The van der Waals surface area contributed by atoms with Crippen LogP contribution in [0.25, 0.3) is 0 Å². The van der Waals surface area contributed by atoms with Crippen LogP contribution in [-0.4, -0.2) is 48.4 Å². The monoisotopic (exact) mass is 321 g/mol. The van der Waals surface area contributed by atoms with Gasteiger partial charge >= 0.3 is 0 Å². The Labute approximate surface area is 137 Å². The number of amides is 2. The molecule has 2 amide bonds. The number of carbonyl (C=O) groups is 2. The Morgan fingerprint density at radius 1 is 1.39 bits per heavy atom. The van der Waals surface area contributed by atoms with Gasteiger partial charge in [0.1, 0.15) is 6.04 Å². The first-order valence-corrected chi connectivity index (χ1v) is 8.47. The van der Waals surface area contributed by atoms with Gasteiger partial charge in [0.15, 0.2) is 5.76 Å². The van der Waals surface area contributed by atoms with Gasteiger partial charge in [-0.3, -0.25) is 9.59 Å². The molecule has 1 aromatic heterocycles. The quantitative estimate of drug-likeness (QED) is 0.803. The van der Waals surface area contributed by atoms with E-state index in [-0.39, 0.29) is 23.6 Å². The third-order valence-electron chi connectivity index (χ3n) is 4.25. The molecule has 0 saturated carbocycles. The van der Waals surface area contributed by atoms with E-state index in [1.54, 1.807) is 19.1 Å². The first-order chi connectivity index (χ1) is 11.1. The van der Waals surface area contributed by atoms with E-state index in [1.165, 1.54) is 19.1 Å². The van der Waals surface area contributed by atoms with Crippen molar-refractivity contribution in [2.45, 2.75) is 51.6 Å². The number of nitrogens with one attached hydrogen (secondary N) is 2. The van der Waals surface area contributed by atoms with Crippen LogP contribution in [0.1, 0.15) is 50.1 Å². The van der Waals surface area contributed by atoms with Crippen LogP contribution in [0.2, 0.25) is 0 Å². The van der Waals surface area contributed by atoms with E-state index in [2.05, 4.69) is 22.5 Å². The van der Waals surface area contributed by atoms with E-state index in [4.69, 9.17) is 4.42 Å². The normalized spacial score (nSPS) is 17.7. The zero-order valence-corrected chi connectivity index (χ0v) is 14.0. The van der Waals surface area contributed by atoms with Crippen molar-refractivity contribution in [3.8, 4) is 0 Å². The van der Waals surface area contributed by atoms with Crippen molar-refractivity contribution in [1.29, 1.82) is 0 Å². The maximum absolute atomic E-state index is 12.2. The molecule has 1 saturated heterocycles. The van der Waals surface area contributed by atoms with Crippen LogP contribution in [-0.2, 0) is 4.79 Å². The summed E-state index contributed by atoms with van der Waals surface area (Å²) in [5.41, 5.74) is 0. The lowest BCUT2D eigenvalue weighted by Gasteiger charge is -2.32. The summed E-state index contributed by atoms with van der Waals surface area (Å²) in [6.45, 7) is 7.08. The molecule has 1 fully saturated rings. The van der Waals surface area contributed by atoms with Crippen molar-refractivity contribution < 1.29 is 14.0 Å². The Hall–Kier alpha value is -1.82. The molecule has 1 aliphatic heterocycles. The molecule has 1 unspecified atom stereocenters. The molecule has 6 nitrogen and oxygen atoms in total. The SMILES string of the molecule is CCCCN1CCC(NC(=O)C(C)NC(=O)c2ccco2)CC1. The summed E-state index contributed by atoms with van der Waals surface area (Å²) in [6, 6.07) is 2.84. The number of unbranched alkanes of at least 4 members (excludes halogenated alkanes) is 1. The van der Waals surface area contributed by atoms with Crippen molar-refractivity contribution in [2.75, 3.05) is 19.6 Å². The lowest BCUT2D eigenvalue weighted by atomic mass is 10.0. The second kappa shape index (κ2) is 8.72. The van der Waals surface area contributed by atoms with Crippen LogP contribution in [0.5, 0.6) is 0 Å². The number of piperidine rings is 1. The average molecular weight is 321 g/mol. The molecule has 0 aromatic carbocycles. The molecule has 23 heavy (non-hydrogen) atoms. The topological polar surface area (TPSA) is 74.6 Å². The van der Waals surface area contributed by atoms with Crippen molar-refractivity contribution in [3.63, 3.8) is 0 Å². The van der Waals surface area contributed by atoms with Crippen LogP contribution in [0.15, 0.2) is 22.8 Å². The molecule has 1 atom stereocenters. The largest absolute Gasteiger partial charge is 0.459 e. The summed E-state index contributed by atoms with van der Waals surface area (Å²) in [5, 5.41) is 5.69. The first kappa shape index (κ1) is 17.5. The molecule has 1 aliphatic rings. The van der Waals surface area contributed by atoms with Crippen molar-refractivity contribution in [1.82, 2.24) is 15.5 Å². The van der Waals surface area contributed by atoms with Gasteiger partial charge in [0.05, 0.1) is 6.26 Å². The Balaban J connectivity index is 1.71. The molecule has 0 radical (unpaired) electrons. The fraction of sp³-hybridized carbons (Fsp3) is 0.647. The highest BCUT2D eigenvalue weighted by molar-refractivity contribution is 5.95. The van der Waals surface area contributed by atoms with Gasteiger partial charge in [0, 0.05) is 19.1 Å². The molecular formula is C17H27N3O3. The third-order valence-corrected chi connectivity index (χ3v) is 4.25. The fourth-order valence-electron chi connectivity index (χ4n) is 2.75. The number of hydrogen-bond acceptors (Lipinski definition) is 4. The Morgan fingerprint density at radius 3 is 2.74 bits per heavy atom. The van der Waals surface area contributed by atoms with E-state index >= 15 is 0 Å². The van der Waals surface area contributed by atoms with Crippen LogP contribution >= 0.6 is 0 Å². The van der Waals surface area contributed by atoms with E-state index < -0.39 is 6.04 Å². The molecule has 128 valence electrons. The van der Waals surface area contributed by atoms with E-state index in [0.717, 1.165) is 32.5 Å². The summed E-state index contributed by atoms with van der Waals surface area (Å²) < 4.78 is 5.02. The summed E-state index contributed by atoms with van der Waals surface area (Å²) >= 11 is 0. The maximum atomic E-state index is 12.2. The average Bonchev–Trinajstić information content (AvgIpc) is 3.08. The van der Waals surface area contributed by atoms with Crippen molar-refractivity contribution in [3.05, 3.63) is 24.2 Å². The van der Waals surface area contributed by atoms with E-state index in [1.807, 2.05) is 0 Å². The van der Waals surface area contributed by atoms with Gasteiger partial charge in [-0.05, 0) is 44.9 Å². The summed E-state index contributed by atoms with van der Waals surface area (Å²) in [7, 11) is 0. The highest BCUT2D eigenvalue weighted by atomic mass is 16.3. The van der Waals surface area contributed by atoms with Crippen LogP contribution in [0.3, 0.4) is 0 Å². The molecule has 0 spiro atoms. The Bertz CT molecular complexity index is 493. The minimum absolute atomic E-state index is 0.142. The smallest absolute Gasteiger partial charge is 0.287 e. The van der Waals surface area contributed by atoms with Gasteiger partial charge in [0.25, 0.3) is 5.91 Å². The van der Waals surface area contributed by atoms with Gasteiger partial charge in [-0.2, -0.15) is 0 Å². The summed E-state index contributed by atoms with van der Waals surface area (Å²) in [6.07, 6.45) is 5.81. The standard InChI is InChI=1S/C17H27N3O3/c1-3-4-9-20-10-7-14(8-11-20)19-16(21)13(2)18-17(22)15-6-5-12-23-15/h5-6,12-14H,3-4,7-11H2,1-2H3,(H,18,22)(H,19,21). The lowest BCUT2D eigenvalue weighted by Crippen LogP contribution is -2.51. The maximum Gasteiger partial charge on any atom is 0.287 e. The highest BCUT2D eigenvalue weighted by Gasteiger charge is 2.23. The molecule has 0 aliphatic carbocycles. The molecule has 0 bridgehead atoms. The number of hydrogen-bond donors (Lipinski definition) is 2. The summed E-state index contributed by atoms with van der Waals surface area (Å²) in [4.78, 5) is 26.5. The van der Waals surface area contributed by atoms with Crippen LogP contribution in [0.4, 0.5) is 0 Å².